The number of aromatic nitrogens is 3. The number of aryl methyl sites for hydroxylation is 1. The predicted molar refractivity (Wildman–Crippen MR) is 88.5 cm³/mol. The zero-order valence-corrected chi connectivity index (χ0v) is 14.4. The molecule has 1 unspecified atom stereocenters. The van der Waals surface area contributed by atoms with Gasteiger partial charge in [-0.3, -0.25) is 4.98 Å². The highest BCUT2D eigenvalue weighted by molar-refractivity contribution is 7.09. The summed E-state index contributed by atoms with van der Waals surface area (Å²) in [6.45, 7) is 10.8. The van der Waals surface area contributed by atoms with Crippen molar-refractivity contribution in [3.05, 3.63) is 34.2 Å². The zero-order chi connectivity index (χ0) is 15.7. The number of anilines is 1. The van der Waals surface area contributed by atoms with Gasteiger partial charge in [0.2, 0.25) is 0 Å². The Labute approximate surface area is 135 Å². The van der Waals surface area contributed by atoms with Gasteiger partial charge in [0.05, 0.1) is 30.7 Å². The van der Waals surface area contributed by atoms with Crippen LogP contribution in [0.1, 0.15) is 43.3 Å². The van der Waals surface area contributed by atoms with Crippen molar-refractivity contribution in [2.75, 3.05) is 24.6 Å². The summed E-state index contributed by atoms with van der Waals surface area (Å²) in [5.41, 5.74) is 2.14. The fourth-order valence-corrected chi connectivity index (χ4v) is 3.47. The SMILES string of the molecule is Cc1cncc(N2CCOC(c3nc(C(C)(C)C)cs3)C2)n1. The van der Waals surface area contributed by atoms with Crippen LogP contribution >= 0.6 is 11.3 Å². The van der Waals surface area contributed by atoms with Gasteiger partial charge in [0.25, 0.3) is 0 Å². The fourth-order valence-electron chi connectivity index (χ4n) is 2.39. The lowest BCUT2D eigenvalue weighted by atomic mass is 9.93. The molecule has 5 nitrogen and oxygen atoms in total. The van der Waals surface area contributed by atoms with Crippen LogP contribution in [0.2, 0.25) is 0 Å². The first-order valence-corrected chi connectivity index (χ1v) is 8.42. The Kier molecular flexibility index (Phi) is 4.14. The van der Waals surface area contributed by atoms with E-state index >= 15 is 0 Å². The summed E-state index contributed by atoms with van der Waals surface area (Å²) in [5.74, 6) is 0.918. The van der Waals surface area contributed by atoms with E-state index in [4.69, 9.17) is 9.72 Å². The van der Waals surface area contributed by atoms with E-state index in [1.54, 1.807) is 17.5 Å². The number of hydrogen-bond donors (Lipinski definition) is 0. The molecule has 0 aromatic carbocycles. The van der Waals surface area contributed by atoms with Gasteiger partial charge in [0.15, 0.2) is 0 Å². The minimum atomic E-state index is 0.0113. The van der Waals surface area contributed by atoms with Crippen LogP contribution in [0.3, 0.4) is 0 Å². The van der Waals surface area contributed by atoms with E-state index in [2.05, 4.69) is 41.0 Å². The van der Waals surface area contributed by atoms with E-state index in [0.29, 0.717) is 6.61 Å². The molecule has 3 heterocycles. The van der Waals surface area contributed by atoms with Crippen LogP contribution in [0.4, 0.5) is 5.82 Å². The Hall–Kier alpha value is -1.53. The minimum Gasteiger partial charge on any atom is -0.367 e. The van der Waals surface area contributed by atoms with E-state index in [1.807, 2.05) is 13.1 Å². The summed E-state index contributed by atoms with van der Waals surface area (Å²) in [7, 11) is 0. The molecule has 0 bridgehead atoms. The highest BCUT2D eigenvalue weighted by Crippen LogP contribution is 2.31. The summed E-state index contributed by atoms with van der Waals surface area (Å²) in [4.78, 5) is 15.8. The Bertz CT molecular complexity index is 650. The summed E-state index contributed by atoms with van der Waals surface area (Å²) >= 11 is 1.68. The smallest absolute Gasteiger partial charge is 0.147 e. The van der Waals surface area contributed by atoms with Crippen LogP contribution in [0.5, 0.6) is 0 Å². The molecule has 1 aliphatic heterocycles. The molecule has 0 saturated carbocycles. The third kappa shape index (κ3) is 3.28. The second kappa shape index (κ2) is 5.93. The third-order valence-electron chi connectivity index (χ3n) is 3.70. The lowest BCUT2D eigenvalue weighted by Crippen LogP contribution is -2.39. The Morgan fingerprint density at radius 2 is 2.09 bits per heavy atom. The molecule has 22 heavy (non-hydrogen) atoms. The predicted octanol–water partition coefficient (Wildman–Crippen LogP) is 3.12. The zero-order valence-electron chi connectivity index (χ0n) is 13.5. The molecule has 2 aromatic heterocycles. The van der Waals surface area contributed by atoms with Crippen LogP contribution in [0.25, 0.3) is 0 Å². The maximum Gasteiger partial charge on any atom is 0.147 e. The molecule has 0 amide bonds. The number of thiazole rings is 1. The van der Waals surface area contributed by atoms with Gasteiger partial charge in [-0.05, 0) is 6.92 Å². The van der Waals surface area contributed by atoms with Gasteiger partial charge < -0.3 is 9.64 Å². The molecule has 1 saturated heterocycles. The molecular weight excluding hydrogens is 296 g/mol. The quantitative estimate of drug-likeness (QED) is 0.851. The Balaban J connectivity index is 1.77. The fraction of sp³-hybridized carbons (Fsp3) is 0.562. The maximum absolute atomic E-state index is 5.93. The molecule has 0 spiro atoms. The van der Waals surface area contributed by atoms with Crippen molar-refractivity contribution in [3.8, 4) is 0 Å². The first-order valence-electron chi connectivity index (χ1n) is 7.54. The van der Waals surface area contributed by atoms with E-state index in [0.717, 1.165) is 35.3 Å². The van der Waals surface area contributed by atoms with Crippen LogP contribution in [0, 0.1) is 6.92 Å². The van der Waals surface area contributed by atoms with Crippen LogP contribution in [0.15, 0.2) is 17.8 Å². The van der Waals surface area contributed by atoms with E-state index in [1.165, 1.54) is 0 Å². The molecule has 6 heteroatoms. The highest BCUT2D eigenvalue weighted by Gasteiger charge is 2.27. The normalized spacial score (nSPS) is 19.5. The van der Waals surface area contributed by atoms with E-state index in [-0.39, 0.29) is 11.5 Å². The van der Waals surface area contributed by atoms with Gasteiger partial charge in [0, 0.05) is 23.5 Å². The van der Waals surface area contributed by atoms with Gasteiger partial charge in [-0.15, -0.1) is 11.3 Å². The molecular formula is C16H22N4OS. The topological polar surface area (TPSA) is 51.1 Å². The molecule has 1 fully saturated rings. The summed E-state index contributed by atoms with van der Waals surface area (Å²) in [6, 6.07) is 0. The van der Waals surface area contributed by atoms with Crippen LogP contribution < -0.4 is 4.90 Å². The largest absolute Gasteiger partial charge is 0.367 e. The van der Waals surface area contributed by atoms with Crippen molar-refractivity contribution < 1.29 is 4.74 Å². The number of morpholine rings is 1. The van der Waals surface area contributed by atoms with Crippen molar-refractivity contribution in [3.63, 3.8) is 0 Å². The second-order valence-electron chi connectivity index (χ2n) is 6.65. The van der Waals surface area contributed by atoms with Crippen molar-refractivity contribution in [1.82, 2.24) is 15.0 Å². The standard InChI is InChI=1S/C16H22N4OS/c1-11-7-17-8-14(18-11)20-5-6-21-12(9-20)15-19-13(10-22-15)16(2,3)4/h7-8,10,12H,5-6,9H2,1-4H3. The third-order valence-corrected chi connectivity index (χ3v) is 4.64. The summed E-state index contributed by atoms with van der Waals surface area (Å²) < 4.78 is 5.93. The summed E-state index contributed by atoms with van der Waals surface area (Å²) in [6.07, 6.45) is 3.60. The molecule has 1 atom stereocenters. The van der Waals surface area contributed by atoms with Crippen molar-refractivity contribution >= 4 is 17.2 Å². The first kappa shape index (κ1) is 15.4. The van der Waals surface area contributed by atoms with Crippen molar-refractivity contribution in [2.24, 2.45) is 0 Å². The molecule has 118 valence electrons. The van der Waals surface area contributed by atoms with Gasteiger partial charge in [-0.2, -0.15) is 0 Å². The van der Waals surface area contributed by atoms with Crippen LogP contribution in [-0.4, -0.2) is 34.6 Å². The average molecular weight is 318 g/mol. The summed E-state index contributed by atoms with van der Waals surface area (Å²) in [5, 5.41) is 3.19. The number of nitrogens with zero attached hydrogens (tertiary/aromatic N) is 4. The van der Waals surface area contributed by atoms with Gasteiger partial charge >= 0.3 is 0 Å². The minimum absolute atomic E-state index is 0.0113. The molecule has 0 radical (unpaired) electrons. The monoisotopic (exact) mass is 318 g/mol. The maximum atomic E-state index is 5.93. The average Bonchev–Trinajstić information content (AvgIpc) is 2.97. The molecule has 0 aliphatic carbocycles. The number of hydrogen-bond acceptors (Lipinski definition) is 6. The molecule has 2 aromatic rings. The second-order valence-corrected chi connectivity index (χ2v) is 7.53. The van der Waals surface area contributed by atoms with Gasteiger partial charge in [-0.25, -0.2) is 9.97 Å². The van der Waals surface area contributed by atoms with Gasteiger partial charge in [-0.1, -0.05) is 20.8 Å². The van der Waals surface area contributed by atoms with Crippen LogP contribution in [-0.2, 0) is 10.2 Å². The molecule has 0 N–H and O–H groups in total. The van der Waals surface area contributed by atoms with E-state index in [9.17, 15) is 0 Å². The lowest BCUT2D eigenvalue weighted by Gasteiger charge is -2.32. The Morgan fingerprint density at radius 1 is 1.27 bits per heavy atom. The first-order chi connectivity index (χ1) is 10.4. The number of rotatable bonds is 2. The van der Waals surface area contributed by atoms with E-state index < -0.39 is 0 Å². The number of ether oxygens (including phenoxy) is 1. The Morgan fingerprint density at radius 3 is 2.77 bits per heavy atom. The molecule has 3 rings (SSSR count). The lowest BCUT2D eigenvalue weighted by molar-refractivity contribution is 0.0392. The van der Waals surface area contributed by atoms with Gasteiger partial charge in [0.1, 0.15) is 16.9 Å². The molecule has 1 aliphatic rings. The van der Waals surface area contributed by atoms with Crippen molar-refractivity contribution in [1.29, 1.82) is 0 Å². The highest BCUT2D eigenvalue weighted by atomic mass is 32.1. The van der Waals surface area contributed by atoms with Crippen molar-refractivity contribution in [2.45, 2.75) is 39.2 Å².